The third-order valence-electron chi connectivity index (χ3n) is 4.03. The number of ether oxygens (including phenoxy) is 1. The van der Waals surface area contributed by atoms with Crippen LogP contribution in [0.15, 0.2) is 30.5 Å². The second-order valence-electron chi connectivity index (χ2n) is 6.10. The largest absolute Gasteiger partial charge is 0.508 e. The Balaban J connectivity index is 1.95. The zero-order valence-electron chi connectivity index (χ0n) is 14.2. The van der Waals surface area contributed by atoms with Crippen LogP contribution < -0.4 is 0 Å². The number of nitrogens with zero attached hydrogens (tertiary/aromatic N) is 3. The molecule has 0 amide bonds. The van der Waals surface area contributed by atoms with E-state index in [9.17, 15) is 5.11 Å². The van der Waals surface area contributed by atoms with Crippen LogP contribution in [0.4, 0.5) is 0 Å². The number of rotatable bonds is 3. The average molecular weight is 351 g/mol. The van der Waals surface area contributed by atoms with Gasteiger partial charge in [0.2, 0.25) is 0 Å². The van der Waals surface area contributed by atoms with Crippen molar-refractivity contribution < 1.29 is 9.84 Å². The standard InChI is InChI=1S/C19H17N3O2S/c1-10-4-14(18-15(5-10)21-12(8-20-18)9-24-3)19-22-17-11(2)6-13(23)7-16(17)25-19/h4-8,23H,9H2,1-3H3. The van der Waals surface area contributed by atoms with Crippen molar-refractivity contribution in [3.63, 3.8) is 0 Å². The van der Waals surface area contributed by atoms with E-state index < -0.39 is 0 Å². The highest BCUT2D eigenvalue weighted by Gasteiger charge is 2.14. The molecule has 2 heterocycles. The number of phenols is 1. The van der Waals surface area contributed by atoms with Crippen molar-refractivity contribution in [2.45, 2.75) is 20.5 Å². The van der Waals surface area contributed by atoms with Crippen LogP contribution >= 0.6 is 11.3 Å². The van der Waals surface area contributed by atoms with Crippen molar-refractivity contribution >= 4 is 32.6 Å². The quantitative estimate of drug-likeness (QED) is 0.593. The molecule has 4 rings (SSSR count). The number of aromatic nitrogens is 3. The van der Waals surface area contributed by atoms with E-state index in [0.29, 0.717) is 6.61 Å². The molecule has 0 saturated heterocycles. The highest BCUT2D eigenvalue weighted by Crippen LogP contribution is 2.36. The molecule has 4 aromatic rings. The maximum absolute atomic E-state index is 9.83. The number of benzene rings is 2. The Bertz CT molecular complexity index is 1100. The zero-order valence-corrected chi connectivity index (χ0v) is 15.0. The molecule has 2 aromatic carbocycles. The topological polar surface area (TPSA) is 68.1 Å². The second kappa shape index (κ2) is 6.06. The molecule has 0 radical (unpaired) electrons. The van der Waals surface area contributed by atoms with Crippen LogP contribution in [0.2, 0.25) is 0 Å². The lowest BCUT2D eigenvalue weighted by molar-refractivity contribution is 0.181. The molecule has 0 unspecified atom stereocenters. The van der Waals surface area contributed by atoms with E-state index in [-0.39, 0.29) is 5.75 Å². The third kappa shape index (κ3) is 2.83. The number of phenolic OH excluding ortho intramolecular Hbond substituents is 1. The molecular formula is C19H17N3O2S. The SMILES string of the molecule is COCc1cnc2c(-c3nc4c(C)cc(O)cc4s3)cc(C)cc2n1. The van der Waals surface area contributed by atoms with E-state index in [1.54, 1.807) is 36.8 Å². The van der Waals surface area contributed by atoms with E-state index in [4.69, 9.17) is 9.72 Å². The molecule has 1 N–H and O–H groups in total. The molecule has 0 bridgehead atoms. The summed E-state index contributed by atoms with van der Waals surface area (Å²) in [5, 5.41) is 10.7. The Morgan fingerprint density at radius 2 is 1.92 bits per heavy atom. The van der Waals surface area contributed by atoms with Gasteiger partial charge < -0.3 is 9.84 Å². The third-order valence-corrected chi connectivity index (χ3v) is 5.07. The fourth-order valence-electron chi connectivity index (χ4n) is 2.98. The maximum atomic E-state index is 9.83. The van der Waals surface area contributed by atoms with Crippen LogP contribution in [0.1, 0.15) is 16.8 Å². The minimum Gasteiger partial charge on any atom is -0.508 e. The molecular weight excluding hydrogens is 334 g/mol. The van der Waals surface area contributed by atoms with Crippen LogP contribution in [-0.2, 0) is 11.3 Å². The van der Waals surface area contributed by atoms with Gasteiger partial charge in [0.1, 0.15) is 10.8 Å². The summed E-state index contributed by atoms with van der Waals surface area (Å²) in [7, 11) is 1.65. The van der Waals surface area contributed by atoms with Crippen LogP contribution in [0.5, 0.6) is 5.75 Å². The molecule has 5 nitrogen and oxygen atoms in total. The van der Waals surface area contributed by atoms with Gasteiger partial charge in [-0.1, -0.05) is 0 Å². The van der Waals surface area contributed by atoms with Gasteiger partial charge in [-0.25, -0.2) is 9.97 Å². The summed E-state index contributed by atoms with van der Waals surface area (Å²) in [4.78, 5) is 14.0. The smallest absolute Gasteiger partial charge is 0.126 e. The summed E-state index contributed by atoms with van der Waals surface area (Å²) in [5.74, 6) is 0.262. The maximum Gasteiger partial charge on any atom is 0.126 e. The van der Waals surface area contributed by atoms with Crippen molar-refractivity contribution in [3.8, 4) is 16.3 Å². The van der Waals surface area contributed by atoms with E-state index in [1.807, 2.05) is 19.9 Å². The summed E-state index contributed by atoms with van der Waals surface area (Å²) in [6, 6.07) is 7.59. The van der Waals surface area contributed by atoms with Crippen molar-refractivity contribution in [2.75, 3.05) is 7.11 Å². The van der Waals surface area contributed by atoms with Crippen LogP contribution in [0.3, 0.4) is 0 Å². The minimum absolute atomic E-state index is 0.262. The molecule has 0 fully saturated rings. The molecule has 126 valence electrons. The normalized spacial score (nSPS) is 11.5. The molecule has 6 heteroatoms. The highest BCUT2D eigenvalue weighted by molar-refractivity contribution is 7.21. The molecule has 0 aliphatic rings. The lowest BCUT2D eigenvalue weighted by Crippen LogP contribution is -1.96. The van der Waals surface area contributed by atoms with Gasteiger partial charge in [-0.3, -0.25) is 4.98 Å². The lowest BCUT2D eigenvalue weighted by atomic mass is 10.1. The summed E-state index contributed by atoms with van der Waals surface area (Å²) in [6.07, 6.45) is 1.75. The first-order valence-corrected chi connectivity index (χ1v) is 8.72. The Morgan fingerprint density at radius 1 is 1.08 bits per heavy atom. The van der Waals surface area contributed by atoms with Gasteiger partial charge in [0.05, 0.1) is 39.7 Å². The Morgan fingerprint density at radius 3 is 2.72 bits per heavy atom. The molecule has 0 saturated carbocycles. The first kappa shape index (κ1) is 15.9. The number of hydrogen-bond donors (Lipinski definition) is 1. The van der Waals surface area contributed by atoms with Gasteiger partial charge in [0.25, 0.3) is 0 Å². The van der Waals surface area contributed by atoms with Gasteiger partial charge in [-0.15, -0.1) is 11.3 Å². The summed E-state index contributed by atoms with van der Waals surface area (Å²) in [5.41, 5.74) is 6.41. The van der Waals surface area contributed by atoms with E-state index >= 15 is 0 Å². The predicted molar refractivity (Wildman–Crippen MR) is 100 cm³/mol. The lowest BCUT2D eigenvalue weighted by Gasteiger charge is -2.06. The fraction of sp³-hybridized carbons (Fsp3) is 0.211. The molecule has 25 heavy (non-hydrogen) atoms. The van der Waals surface area contributed by atoms with Gasteiger partial charge in [0, 0.05) is 12.7 Å². The van der Waals surface area contributed by atoms with Crippen molar-refractivity contribution in [1.82, 2.24) is 15.0 Å². The summed E-state index contributed by atoms with van der Waals surface area (Å²) < 4.78 is 6.11. The van der Waals surface area contributed by atoms with Gasteiger partial charge in [-0.2, -0.15) is 0 Å². The number of methoxy groups -OCH3 is 1. The summed E-state index contributed by atoms with van der Waals surface area (Å²) in [6.45, 7) is 4.43. The van der Waals surface area contributed by atoms with Gasteiger partial charge >= 0.3 is 0 Å². The number of aryl methyl sites for hydroxylation is 2. The molecule has 0 atom stereocenters. The van der Waals surface area contributed by atoms with Gasteiger partial charge in [0.15, 0.2) is 0 Å². The van der Waals surface area contributed by atoms with Crippen molar-refractivity contribution in [3.05, 3.63) is 47.3 Å². The second-order valence-corrected chi connectivity index (χ2v) is 7.13. The monoisotopic (exact) mass is 351 g/mol. The van der Waals surface area contributed by atoms with Crippen molar-refractivity contribution in [2.24, 2.45) is 0 Å². The van der Waals surface area contributed by atoms with Crippen LogP contribution in [0, 0.1) is 13.8 Å². The van der Waals surface area contributed by atoms with Crippen LogP contribution in [-0.4, -0.2) is 27.2 Å². The molecule has 2 aromatic heterocycles. The average Bonchev–Trinajstić information content (AvgIpc) is 2.98. The van der Waals surface area contributed by atoms with E-state index in [0.717, 1.165) is 48.6 Å². The van der Waals surface area contributed by atoms with Gasteiger partial charge in [-0.05, 0) is 49.2 Å². The fourth-order valence-corrected chi connectivity index (χ4v) is 4.07. The number of hydrogen-bond acceptors (Lipinski definition) is 6. The first-order valence-electron chi connectivity index (χ1n) is 7.91. The zero-order chi connectivity index (χ0) is 17.6. The van der Waals surface area contributed by atoms with E-state index in [2.05, 4.69) is 16.0 Å². The number of fused-ring (bicyclic) bond motifs is 2. The number of aromatic hydroxyl groups is 1. The van der Waals surface area contributed by atoms with Crippen molar-refractivity contribution in [1.29, 1.82) is 0 Å². The number of thiazole rings is 1. The molecule has 0 spiro atoms. The Kier molecular flexibility index (Phi) is 3.86. The molecule has 0 aliphatic carbocycles. The summed E-state index contributed by atoms with van der Waals surface area (Å²) >= 11 is 1.55. The van der Waals surface area contributed by atoms with Crippen LogP contribution in [0.25, 0.3) is 31.8 Å². The molecule has 0 aliphatic heterocycles. The highest BCUT2D eigenvalue weighted by atomic mass is 32.1. The predicted octanol–water partition coefficient (Wildman–Crippen LogP) is 4.38. The van der Waals surface area contributed by atoms with E-state index in [1.165, 1.54) is 0 Å². The Labute approximate surface area is 149 Å². The Hall–Kier alpha value is -2.57. The minimum atomic E-state index is 0.262. The first-order chi connectivity index (χ1) is 12.0.